The van der Waals surface area contributed by atoms with Crippen molar-refractivity contribution in [1.29, 1.82) is 0 Å². The third-order valence-corrected chi connectivity index (χ3v) is 1.80. The molecule has 64 valence electrons. The quantitative estimate of drug-likeness (QED) is 0.654. The summed E-state index contributed by atoms with van der Waals surface area (Å²) in [7, 11) is 0. The third kappa shape index (κ3) is 1.92. The highest BCUT2D eigenvalue weighted by Crippen LogP contribution is 2.16. The second-order valence-electron chi connectivity index (χ2n) is 2.57. The summed E-state index contributed by atoms with van der Waals surface area (Å²) >= 11 is 5.73. The van der Waals surface area contributed by atoms with Crippen LogP contribution in [-0.4, -0.2) is 0 Å². The van der Waals surface area contributed by atoms with Crippen LogP contribution in [0.4, 0.5) is 5.69 Å². The van der Waals surface area contributed by atoms with Crippen LogP contribution in [0.15, 0.2) is 29.3 Å². The second kappa shape index (κ2) is 3.50. The van der Waals surface area contributed by atoms with E-state index in [9.17, 15) is 0 Å². The Hall–Kier alpha value is -1.15. The first-order valence-electron chi connectivity index (χ1n) is 3.59. The first kappa shape index (κ1) is 8.94. The van der Waals surface area contributed by atoms with E-state index in [1.807, 2.05) is 12.1 Å². The van der Waals surface area contributed by atoms with Crippen LogP contribution in [0.1, 0.15) is 12.5 Å². The number of halogens is 1. The van der Waals surface area contributed by atoms with Gasteiger partial charge in [0.1, 0.15) is 0 Å². The van der Waals surface area contributed by atoms with Gasteiger partial charge in [-0.05, 0) is 24.6 Å². The lowest BCUT2D eigenvalue weighted by atomic mass is 10.1. The van der Waals surface area contributed by atoms with Crippen LogP contribution >= 0.6 is 11.6 Å². The van der Waals surface area contributed by atoms with E-state index < -0.39 is 0 Å². The van der Waals surface area contributed by atoms with Crippen molar-refractivity contribution < 1.29 is 0 Å². The number of nitrogen functional groups attached to an aromatic ring is 1. The number of allylic oxidation sites excluding steroid dienone is 1. The first-order chi connectivity index (χ1) is 5.61. The molecule has 1 aromatic carbocycles. The average molecular weight is 183 g/mol. The summed E-state index contributed by atoms with van der Waals surface area (Å²) in [5.41, 5.74) is 13.4. The molecule has 0 unspecified atom stereocenters. The molecule has 0 aliphatic carbocycles. The van der Waals surface area contributed by atoms with Gasteiger partial charge in [-0.2, -0.15) is 0 Å². The molecule has 0 aliphatic rings. The normalized spacial score (nSPS) is 12.5. The molecule has 2 nitrogen and oxygen atoms in total. The van der Waals surface area contributed by atoms with E-state index in [0.29, 0.717) is 10.7 Å². The monoisotopic (exact) mass is 182 g/mol. The molecule has 1 aromatic rings. The topological polar surface area (TPSA) is 52.0 Å². The number of nitrogens with two attached hydrogens (primary N) is 2. The Morgan fingerprint density at radius 2 is 1.75 bits per heavy atom. The molecule has 0 aromatic heterocycles. The van der Waals surface area contributed by atoms with E-state index in [1.54, 1.807) is 19.1 Å². The predicted octanol–water partition coefficient (Wildman–Crippen LogP) is 2.15. The van der Waals surface area contributed by atoms with Gasteiger partial charge in [-0.1, -0.05) is 23.7 Å². The molecule has 1 rings (SSSR count). The lowest BCUT2D eigenvalue weighted by Crippen LogP contribution is -1.97. The fourth-order valence-electron chi connectivity index (χ4n) is 0.862. The van der Waals surface area contributed by atoms with E-state index in [1.165, 1.54) is 0 Å². The van der Waals surface area contributed by atoms with Crippen LogP contribution in [-0.2, 0) is 0 Å². The zero-order valence-corrected chi connectivity index (χ0v) is 7.60. The highest BCUT2D eigenvalue weighted by atomic mass is 35.5. The van der Waals surface area contributed by atoms with Crippen LogP contribution < -0.4 is 11.5 Å². The molecule has 0 aliphatic heterocycles. The minimum atomic E-state index is 0.594. The molecule has 0 fully saturated rings. The van der Waals surface area contributed by atoms with Crippen molar-refractivity contribution in [2.45, 2.75) is 6.92 Å². The van der Waals surface area contributed by atoms with Crippen molar-refractivity contribution >= 4 is 23.0 Å². The molecule has 0 heterocycles. The Morgan fingerprint density at radius 1 is 1.25 bits per heavy atom. The maximum absolute atomic E-state index is 5.73. The highest BCUT2D eigenvalue weighted by Gasteiger charge is 1.98. The lowest BCUT2D eigenvalue weighted by Gasteiger charge is -2.02. The summed E-state index contributed by atoms with van der Waals surface area (Å²) in [4.78, 5) is 0. The van der Waals surface area contributed by atoms with Gasteiger partial charge in [0, 0.05) is 10.7 Å². The standard InChI is InChI=1S/C9H11ClN2/c1-6(10)9(12)7-2-4-8(11)5-3-7/h2-5H,11-12H2,1H3/b9-6+. The van der Waals surface area contributed by atoms with Crippen LogP contribution in [0.2, 0.25) is 0 Å². The molecular formula is C9H11ClN2. The maximum atomic E-state index is 5.73. The summed E-state index contributed by atoms with van der Waals surface area (Å²) in [5.74, 6) is 0. The summed E-state index contributed by atoms with van der Waals surface area (Å²) in [5, 5.41) is 0.597. The first-order valence-corrected chi connectivity index (χ1v) is 3.97. The van der Waals surface area contributed by atoms with E-state index in [2.05, 4.69) is 0 Å². The van der Waals surface area contributed by atoms with Crippen molar-refractivity contribution in [2.75, 3.05) is 5.73 Å². The zero-order valence-electron chi connectivity index (χ0n) is 6.84. The van der Waals surface area contributed by atoms with Gasteiger partial charge in [0.2, 0.25) is 0 Å². The number of hydrogen-bond acceptors (Lipinski definition) is 2. The molecule has 12 heavy (non-hydrogen) atoms. The molecule has 3 heteroatoms. The third-order valence-electron chi connectivity index (χ3n) is 1.59. The lowest BCUT2D eigenvalue weighted by molar-refractivity contribution is 1.47. The van der Waals surface area contributed by atoms with Crippen molar-refractivity contribution in [3.63, 3.8) is 0 Å². The van der Waals surface area contributed by atoms with Crippen LogP contribution in [0.3, 0.4) is 0 Å². The number of hydrogen-bond donors (Lipinski definition) is 2. The predicted molar refractivity (Wildman–Crippen MR) is 53.5 cm³/mol. The summed E-state index contributed by atoms with van der Waals surface area (Å²) in [6.45, 7) is 1.76. The molecule has 0 atom stereocenters. The summed E-state index contributed by atoms with van der Waals surface area (Å²) < 4.78 is 0. The summed E-state index contributed by atoms with van der Waals surface area (Å²) in [6, 6.07) is 7.27. The molecule has 0 bridgehead atoms. The Kier molecular flexibility index (Phi) is 2.61. The molecular weight excluding hydrogens is 172 g/mol. The van der Waals surface area contributed by atoms with Gasteiger partial charge in [0.25, 0.3) is 0 Å². The van der Waals surface area contributed by atoms with Crippen molar-refractivity contribution in [3.8, 4) is 0 Å². The molecule has 0 radical (unpaired) electrons. The molecule has 0 amide bonds. The van der Waals surface area contributed by atoms with E-state index in [4.69, 9.17) is 23.1 Å². The van der Waals surface area contributed by atoms with Crippen LogP contribution in [0.25, 0.3) is 5.70 Å². The van der Waals surface area contributed by atoms with Gasteiger partial charge in [-0.3, -0.25) is 0 Å². The zero-order chi connectivity index (χ0) is 9.14. The van der Waals surface area contributed by atoms with E-state index >= 15 is 0 Å². The molecule has 0 saturated carbocycles. The van der Waals surface area contributed by atoms with Gasteiger partial charge in [0.15, 0.2) is 0 Å². The largest absolute Gasteiger partial charge is 0.399 e. The number of rotatable bonds is 1. The minimum absolute atomic E-state index is 0.594. The fourth-order valence-corrected chi connectivity index (χ4v) is 0.971. The SMILES string of the molecule is C/C(Cl)=C(\N)c1ccc(N)cc1. The second-order valence-corrected chi connectivity index (χ2v) is 3.14. The smallest absolute Gasteiger partial charge is 0.0532 e. The Bertz CT molecular complexity index is 297. The number of anilines is 1. The Balaban J connectivity index is 3.06. The molecule has 0 saturated heterocycles. The van der Waals surface area contributed by atoms with Gasteiger partial charge >= 0.3 is 0 Å². The maximum Gasteiger partial charge on any atom is 0.0532 e. The van der Waals surface area contributed by atoms with Gasteiger partial charge in [-0.25, -0.2) is 0 Å². The molecule has 0 spiro atoms. The van der Waals surface area contributed by atoms with Gasteiger partial charge in [0.05, 0.1) is 5.70 Å². The van der Waals surface area contributed by atoms with E-state index in [-0.39, 0.29) is 0 Å². The van der Waals surface area contributed by atoms with Gasteiger partial charge < -0.3 is 11.5 Å². The van der Waals surface area contributed by atoms with Crippen molar-refractivity contribution in [1.82, 2.24) is 0 Å². The van der Waals surface area contributed by atoms with Crippen LogP contribution in [0, 0.1) is 0 Å². The van der Waals surface area contributed by atoms with Crippen molar-refractivity contribution in [2.24, 2.45) is 5.73 Å². The van der Waals surface area contributed by atoms with Crippen molar-refractivity contribution in [3.05, 3.63) is 34.9 Å². The molecule has 4 N–H and O–H groups in total. The Labute approximate surface area is 76.8 Å². The fraction of sp³-hybridized carbons (Fsp3) is 0.111. The van der Waals surface area contributed by atoms with E-state index in [0.717, 1.165) is 11.3 Å². The highest BCUT2D eigenvalue weighted by molar-refractivity contribution is 6.32. The minimum Gasteiger partial charge on any atom is -0.399 e. The number of benzene rings is 1. The van der Waals surface area contributed by atoms with Gasteiger partial charge in [-0.15, -0.1) is 0 Å². The Morgan fingerprint density at radius 3 is 2.17 bits per heavy atom. The van der Waals surface area contributed by atoms with Crippen LogP contribution in [0.5, 0.6) is 0 Å². The average Bonchev–Trinajstić information content (AvgIpc) is 2.04. The summed E-state index contributed by atoms with van der Waals surface area (Å²) in [6.07, 6.45) is 0.